The van der Waals surface area contributed by atoms with E-state index in [1.54, 1.807) is 13.0 Å². The van der Waals surface area contributed by atoms with Gasteiger partial charge in [-0.1, -0.05) is 12.1 Å². The number of aliphatic carboxylic acids is 1. The molecule has 1 unspecified atom stereocenters. The molecule has 6 nitrogen and oxygen atoms in total. The van der Waals surface area contributed by atoms with Crippen molar-refractivity contribution in [3.8, 4) is 0 Å². The number of carbonyl (C=O) groups is 1. The summed E-state index contributed by atoms with van der Waals surface area (Å²) >= 11 is 0. The summed E-state index contributed by atoms with van der Waals surface area (Å²) in [5.41, 5.74) is -0.784. The monoisotopic (exact) mass is 315 g/mol. The van der Waals surface area contributed by atoms with Crippen LogP contribution in [0.1, 0.15) is 26.3 Å². The van der Waals surface area contributed by atoms with Gasteiger partial charge in [0, 0.05) is 7.05 Å². The maximum Gasteiger partial charge on any atom is 0.307 e. The number of carboxylic acids is 1. The standard InChI is InChI=1S/C14H21NO5S/c1-10(14(2,3)18)15(4)21(19,20)12-7-5-6-11(8-12)9-13(16)17/h5-8,10,18H,9H2,1-4H3,(H,16,17). The number of nitrogens with zero attached hydrogens (tertiary/aromatic N) is 1. The molecule has 1 aromatic carbocycles. The molecule has 1 aromatic rings. The van der Waals surface area contributed by atoms with Crippen LogP contribution in [0.2, 0.25) is 0 Å². The fourth-order valence-electron chi connectivity index (χ4n) is 1.81. The second-order valence-corrected chi connectivity index (χ2v) is 7.57. The zero-order valence-corrected chi connectivity index (χ0v) is 13.4. The first-order chi connectivity index (χ1) is 9.46. The fourth-order valence-corrected chi connectivity index (χ4v) is 3.37. The van der Waals surface area contributed by atoms with Crippen LogP contribution in [-0.2, 0) is 21.2 Å². The summed E-state index contributed by atoms with van der Waals surface area (Å²) in [6.07, 6.45) is -0.242. The van der Waals surface area contributed by atoms with Gasteiger partial charge >= 0.3 is 5.97 Å². The van der Waals surface area contributed by atoms with E-state index in [-0.39, 0.29) is 11.3 Å². The van der Waals surface area contributed by atoms with E-state index in [4.69, 9.17) is 5.11 Å². The van der Waals surface area contributed by atoms with Crippen LogP contribution in [0.3, 0.4) is 0 Å². The van der Waals surface area contributed by atoms with E-state index in [0.717, 1.165) is 4.31 Å². The predicted molar refractivity (Wildman–Crippen MR) is 78.5 cm³/mol. The summed E-state index contributed by atoms with van der Waals surface area (Å²) in [7, 11) is -2.41. The Hall–Kier alpha value is -1.44. The topological polar surface area (TPSA) is 94.9 Å². The summed E-state index contributed by atoms with van der Waals surface area (Å²) in [4.78, 5) is 10.7. The maximum absolute atomic E-state index is 12.5. The lowest BCUT2D eigenvalue weighted by Crippen LogP contribution is -2.48. The van der Waals surface area contributed by atoms with Gasteiger partial charge in [0.25, 0.3) is 0 Å². The molecule has 7 heteroatoms. The molecular formula is C14H21NO5S. The van der Waals surface area contributed by atoms with E-state index < -0.39 is 27.6 Å². The van der Waals surface area contributed by atoms with Gasteiger partial charge in [0.15, 0.2) is 0 Å². The molecule has 1 rings (SSSR count). The predicted octanol–water partition coefficient (Wildman–Crippen LogP) is 1.09. The summed E-state index contributed by atoms with van der Waals surface area (Å²) in [5, 5.41) is 18.7. The van der Waals surface area contributed by atoms with E-state index >= 15 is 0 Å². The SMILES string of the molecule is CC(N(C)S(=O)(=O)c1cccc(CC(=O)O)c1)C(C)(C)O. The molecule has 2 N–H and O–H groups in total. The van der Waals surface area contributed by atoms with Gasteiger partial charge in [-0.05, 0) is 38.5 Å². The first-order valence-corrected chi connectivity index (χ1v) is 7.91. The van der Waals surface area contributed by atoms with E-state index in [0.29, 0.717) is 5.56 Å². The molecule has 21 heavy (non-hydrogen) atoms. The Labute approximate surface area is 125 Å². The largest absolute Gasteiger partial charge is 0.481 e. The van der Waals surface area contributed by atoms with Crippen LogP contribution < -0.4 is 0 Å². The molecule has 0 fully saturated rings. The van der Waals surface area contributed by atoms with Gasteiger partial charge in [-0.2, -0.15) is 4.31 Å². The van der Waals surface area contributed by atoms with Gasteiger partial charge in [-0.25, -0.2) is 8.42 Å². The van der Waals surface area contributed by atoms with Crippen LogP contribution in [0.25, 0.3) is 0 Å². The number of hydrogen-bond donors (Lipinski definition) is 2. The number of carboxylic acid groups (broad SMARTS) is 1. The van der Waals surface area contributed by atoms with Crippen molar-refractivity contribution in [3.05, 3.63) is 29.8 Å². The highest BCUT2D eigenvalue weighted by atomic mass is 32.2. The van der Waals surface area contributed by atoms with E-state index in [1.165, 1.54) is 39.1 Å². The molecule has 0 heterocycles. The Bertz CT molecular complexity index is 618. The van der Waals surface area contributed by atoms with Crippen molar-refractivity contribution in [1.29, 1.82) is 0 Å². The number of benzene rings is 1. The Morgan fingerprint density at radius 1 is 1.38 bits per heavy atom. The van der Waals surface area contributed by atoms with Crippen molar-refractivity contribution in [3.63, 3.8) is 0 Å². The third-order valence-electron chi connectivity index (χ3n) is 3.50. The molecule has 0 bridgehead atoms. The molecule has 0 radical (unpaired) electrons. The van der Waals surface area contributed by atoms with Gasteiger partial charge < -0.3 is 10.2 Å². The summed E-state index contributed by atoms with van der Waals surface area (Å²) in [6.45, 7) is 4.67. The molecule has 0 spiro atoms. The van der Waals surface area contributed by atoms with E-state index in [1.807, 2.05) is 0 Å². The number of rotatable bonds is 6. The second-order valence-electron chi connectivity index (χ2n) is 5.57. The minimum Gasteiger partial charge on any atom is -0.481 e. The maximum atomic E-state index is 12.5. The lowest BCUT2D eigenvalue weighted by Gasteiger charge is -2.33. The van der Waals surface area contributed by atoms with Crippen LogP contribution in [-0.4, -0.2) is 47.6 Å². The van der Waals surface area contributed by atoms with Gasteiger partial charge in [0.2, 0.25) is 10.0 Å². The fraction of sp³-hybridized carbons (Fsp3) is 0.500. The third kappa shape index (κ3) is 4.26. The van der Waals surface area contributed by atoms with Crippen LogP contribution in [0.15, 0.2) is 29.2 Å². The summed E-state index contributed by atoms with van der Waals surface area (Å²) < 4.78 is 26.1. The minimum absolute atomic E-state index is 0.0138. The van der Waals surface area contributed by atoms with Crippen molar-refractivity contribution in [1.82, 2.24) is 4.31 Å². The van der Waals surface area contributed by atoms with Gasteiger partial charge in [-0.15, -0.1) is 0 Å². The second kappa shape index (κ2) is 6.13. The highest BCUT2D eigenvalue weighted by Crippen LogP contribution is 2.22. The molecule has 0 saturated carbocycles. The van der Waals surface area contributed by atoms with Gasteiger partial charge in [-0.3, -0.25) is 4.79 Å². The van der Waals surface area contributed by atoms with Crippen molar-refractivity contribution < 1.29 is 23.4 Å². The van der Waals surface area contributed by atoms with Crippen LogP contribution >= 0.6 is 0 Å². The molecule has 118 valence electrons. The van der Waals surface area contributed by atoms with E-state index in [2.05, 4.69) is 0 Å². The first-order valence-electron chi connectivity index (χ1n) is 6.47. The lowest BCUT2D eigenvalue weighted by atomic mass is 10.0. The van der Waals surface area contributed by atoms with Crippen LogP contribution in [0.4, 0.5) is 0 Å². The van der Waals surface area contributed by atoms with Crippen LogP contribution in [0, 0.1) is 0 Å². The summed E-state index contributed by atoms with van der Waals surface area (Å²) in [6, 6.07) is 5.19. The Balaban J connectivity index is 3.16. The zero-order valence-electron chi connectivity index (χ0n) is 12.6. The highest BCUT2D eigenvalue weighted by molar-refractivity contribution is 7.89. The smallest absolute Gasteiger partial charge is 0.307 e. The third-order valence-corrected chi connectivity index (χ3v) is 5.42. The van der Waals surface area contributed by atoms with Gasteiger partial charge in [0.05, 0.1) is 23.0 Å². The van der Waals surface area contributed by atoms with Crippen molar-refractivity contribution in [2.75, 3.05) is 7.05 Å². The van der Waals surface area contributed by atoms with Crippen LogP contribution in [0.5, 0.6) is 0 Å². The molecule has 0 aliphatic carbocycles. The molecule has 0 aliphatic rings. The molecule has 0 saturated heterocycles. The molecule has 0 amide bonds. The number of sulfonamides is 1. The summed E-state index contributed by atoms with van der Waals surface area (Å²) in [5.74, 6) is -1.03. The Morgan fingerprint density at radius 3 is 2.43 bits per heavy atom. The Kier molecular flexibility index (Phi) is 5.14. The molecule has 1 atom stereocenters. The lowest BCUT2D eigenvalue weighted by molar-refractivity contribution is -0.136. The first kappa shape index (κ1) is 17.6. The average molecular weight is 315 g/mol. The average Bonchev–Trinajstić information content (AvgIpc) is 2.35. The Morgan fingerprint density at radius 2 is 1.95 bits per heavy atom. The number of hydrogen-bond acceptors (Lipinski definition) is 4. The quantitative estimate of drug-likeness (QED) is 0.819. The van der Waals surface area contributed by atoms with Gasteiger partial charge in [0.1, 0.15) is 0 Å². The number of likely N-dealkylation sites (N-methyl/N-ethyl adjacent to an activating group) is 1. The van der Waals surface area contributed by atoms with E-state index in [9.17, 15) is 18.3 Å². The zero-order chi connectivity index (χ0) is 16.4. The van der Waals surface area contributed by atoms with Crippen molar-refractivity contribution >= 4 is 16.0 Å². The molecule has 0 aromatic heterocycles. The number of aliphatic hydroxyl groups is 1. The highest BCUT2D eigenvalue weighted by Gasteiger charge is 2.33. The normalized spacial score (nSPS) is 14.2. The van der Waals surface area contributed by atoms with Crippen molar-refractivity contribution in [2.45, 2.75) is 43.7 Å². The minimum atomic E-state index is -3.80. The molecular weight excluding hydrogens is 294 g/mol. The van der Waals surface area contributed by atoms with Crippen molar-refractivity contribution in [2.24, 2.45) is 0 Å². The molecule has 0 aliphatic heterocycles.